The molecule has 0 aliphatic heterocycles. The van der Waals surface area contributed by atoms with Gasteiger partial charge in [-0.3, -0.25) is 0 Å². The van der Waals surface area contributed by atoms with Gasteiger partial charge in [-0.05, 0) is 42.8 Å². The number of aromatic nitrogens is 1. The molecule has 0 spiro atoms. The molecule has 0 amide bonds. The first-order valence-corrected chi connectivity index (χ1v) is 7.21. The highest BCUT2D eigenvalue weighted by Crippen LogP contribution is 2.26. The van der Waals surface area contributed by atoms with Crippen LogP contribution < -0.4 is 5.32 Å². The Morgan fingerprint density at radius 1 is 1.22 bits per heavy atom. The number of pyridine rings is 1. The molecule has 116 valence electrons. The van der Waals surface area contributed by atoms with E-state index < -0.39 is 5.97 Å². The summed E-state index contributed by atoms with van der Waals surface area (Å²) in [6.07, 6.45) is 1.74. The summed E-state index contributed by atoms with van der Waals surface area (Å²) in [5.74, 6) is 1.05. The summed E-state index contributed by atoms with van der Waals surface area (Å²) in [7, 11) is 0. The van der Waals surface area contributed by atoms with E-state index in [0.717, 1.165) is 11.4 Å². The molecule has 2 N–H and O–H groups in total. The average Bonchev–Trinajstić information content (AvgIpc) is 3.02. The van der Waals surface area contributed by atoms with Gasteiger partial charge in [-0.25, -0.2) is 9.78 Å². The Morgan fingerprint density at radius 2 is 2.04 bits per heavy atom. The quantitative estimate of drug-likeness (QED) is 0.746. The summed E-state index contributed by atoms with van der Waals surface area (Å²) in [5, 5.41) is 12.4. The number of furan rings is 1. The first-order chi connectivity index (χ1) is 11.1. The van der Waals surface area contributed by atoms with Crippen molar-refractivity contribution in [2.75, 3.05) is 5.32 Å². The summed E-state index contributed by atoms with van der Waals surface area (Å²) in [5.41, 5.74) is 1.92. The molecule has 0 atom stereocenters. The van der Waals surface area contributed by atoms with Crippen molar-refractivity contribution >= 4 is 11.8 Å². The van der Waals surface area contributed by atoms with Crippen LogP contribution in [0, 0.1) is 6.92 Å². The fourth-order valence-corrected chi connectivity index (χ4v) is 2.31. The normalized spacial score (nSPS) is 10.5. The Kier molecular flexibility index (Phi) is 4.10. The summed E-state index contributed by atoms with van der Waals surface area (Å²) < 4.78 is 5.76. The number of hydrogen-bond acceptors (Lipinski definition) is 4. The van der Waals surface area contributed by atoms with E-state index in [2.05, 4.69) is 10.3 Å². The van der Waals surface area contributed by atoms with E-state index in [0.29, 0.717) is 23.6 Å². The second kappa shape index (κ2) is 6.36. The molecule has 0 aliphatic carbocycles. The smallest absolute Gasteiger partial charge is 0.336 e. The van der Waals surface area contributed by atoms with Crippen LogP contribution in [-0.4, -0.2) is 16.1 Å². The first-order valence-electron chi connectivity index (χ1n) is 7.21. The molecule has 1 aromatic carbocycles. The van der Waals surface area contributed by atoms with Crippen LogP contribution in [0.1, 0.15) is 21.7 Å². The van der Waals surface area contributed by atoms with E-state index >= 15 is 0 Å². The molecule has 0 aliphatic rings. The monoisotopic (exact) mass is 308 g/mol. The van der Waals surface area contributed by atoms with Crippen molar-refractivity contribution in [3.63, 3.8) is 0 Å². The van der Waals surface area contributed by atoms with Gasteiger partial charge < -0.3 is 14.8 Å². The van der Waals surface area contributed by atoms with E-state index in [1.807, 2.05) is 25.1 Å². The van der Waals surface area contributed by atoms with Crippen LogP contribution in [0.2, 0.25) is 0 Å². The average molecular weight is 308 g/mol. The maximum absolute atomic E-state index is 11.3. The minimum Gasteiger partial charge on any atom is -0.478 e. The molecule has 2 aromatic heterocycles. The number of aromatic carboxylic acids is 1. The lowest BCUT2D eigenvalue weighted by atomic mass is 10.1. The molecule has 5 nitrogen and oxygen atoms in total. The number of nitrogens with one attached hydrogen (secondary N) is 1. The number of benzene rings is 1. The van der Waals surface area contributed by atoms with Crippen molar-refractivity contribution in [2.45, 2.75) is 13.5 Å². The van der Waals surface area contributed by atoms with Gasteiger partial charge in [0.1, 0.15) is 17.3 Å². The van der Waals surface area contributed by atoms with Crippen LogP contribution >= 0.6 is 0 Å². The number of anilines is 1. The highest BCUT2D eigenvalue weighted by atomic mass is 16.4. The summed E-state index contributed by atoms with van der Waals surface area (Å²) in [6, 6.07) is 14.3. The van der Waals surface area contributed by atoms with Crippen molar-refractivity contribution < 1.29 is 14.3 Å². The SMILES string of the molecule is Cc1ccnc(NCc2ccc(-c3ccccc3C(=O)O)o2)c1. The van der Waals surface area contributed by atoms with E-state index in [1.165, 1.54) is 0 Å². The Hall–Kier alpha value is -3.08. The zero-order valence-electron chi connectivity index (χ0n) is 12.6. The van der Waals surface area contributed by atoms with E-state index in [-0.39, 0.29) is 5.56 Å². The number of hydrogen-bond donors (Lipinski definition) is 2. The lowest BCUT2D eigenvalue weighted by Crippen LogP contribution is -2.00. The topological polar surface area (TPSA) is 75.4 Å². The van der Waals surface area contributed by atoms with Crippen molar-refractivity contribution in [1.82, 2.24) is 4.98 Å². The number of aryl methyl sites for hydroxylation is 1. The van der Waals surface area contributed by atoms with Gasteiger partial charge in [0.25, 0.3) is 0 Å². The Morgan fingerprint density at radius 3 is 2.83 bits per heavy atom. The number of nitrogens with zero attached hydrogens (tertiary/aromatic N) is 1. The molecule has 0 unspecified atom stereocenters. The van der Waals surface area contributed by atoms with Gasteiger partial charge in [0.2, 0.25) is 0 Å². The molecule has 0 radical (unpaired) electrons. The third-order valence-corrected chi connectivity index (χ3v) is 3.44. The van der Waals surface area contributed by atoms with Gasteiger partial charge >= 0.3 is 5.97 Å². The van der Waals surface area contributed by atoms with Crippen LogP contribution in [0.25, 0.3) is 11.3 Å². The summed E-state index contributed by atoms with van der Waals surface area (Å²) >= 11 is 0. The number of rotatable bonds is 5. The lowest BCUT2D eigenvalue weighted by molar-refractivity contribution is 0.0697. The van der Waals surface area contributed by atoms with Crippen LogP contribution in [0.4, 0.5) is 5.82 Å². The van der Waals surface area contributed by atoms with Crippen LogP contribution in [-0.2, 0) is 6.54 Å². The van der Waals surface area contributed by atoms with Crippen molar-refractivity contribution in [2.24, 2.45) is 0 Å². The third kappa shape index (κ3) is 3.40. The molecule has 3 rings (SSSR count). The Labute approximate surface area is 133 Å². The molecular formula is C18H16N2O3. The molecule has 2 heterocycles. The second-order valence-corrected chi connectivity index (χ2v) is 5.19. The summed E-state index contributed by atoms with van der Waals surface area (Å²) in [6.45, 7) is 2.48. The fourth-order valence-electron chi connectivity index (χ4n) is 2.31. The van der Waals surface area contributed by atoms with Gasteiger partial charge in [0, 0.05) is 11.8 Å². The molecule has 23 heavy (non-hydrogen) atoms. The third-order valence-electron chi connectivity index (χ3n) is 3.44. The molecule has 0 bridgehead atoms. The molecule has 0 saturated heterocycles. The largest absolute Gasteiger partial charge is 0.478 e. The van der Waals surface area contributed by atoms with Crippen LogP contribution in [0.3, 0.4) is 0 Å². The second-order valence-electron chi connectivity index (χ2n) is 5.19. The van der Waals surface area contributed by atoms with Crippen molar-refractivity contribution in [3.05, 3.63) is 71.6 Å². The highest BCUT2D eigenvalue weighted by molar-refractivity contribution is 5.95. The van der Waals surface area contributed by atoms with Crippen molar-refractivity contribution in [3.8, 4) is 11.3 Å². The maximum Gasteiger partial charge on any atom is 0.336 e. The predicted molar refractivity (Wildman–Crippen MR) is 87.4 cm³/mol. The standard InChI is InChI=1S/C18H16N2O3/c1-12-8-9-19-17(10-12)20-11-13-6-7-16(23-13)14-4-2-3-5-15(14)18(21)22/h2-10H,11H2,1H3,(H,19,20)(H,21,22). The number of carboxylic acids is 1. The van der Waals surface area contributed by atoms with E-state index in [1.54, 1.807) is 36.5 Å². The van der Waals surface area contributed by atoms with Crippen LogP contribution in [0.15, 0.2) is 59.1 Å². The van der Waals surface area contributed by atoms with Gasteiger partial charge in [-0.1, -0.05) is 18.2 Å². The highest BCUT2D eigenvalue weighted by Gasteiger charge is 2.13. The maximum atomic E-state index is 11.3. The van der Waals surface area contributed by atoms with Gasteiger partial charge in [0.15, 0.2) is 0 Å². The predicted octanol–water partition coefficient (Wildman–Crippen LogP) is 3.96. The minimum atomic E-state index is -0.972. The van der Waals surface area contributed by atoms with Crippen molar-refractivity contribution in [1.29, 1.82) is 0 Å². The Balaban J connectivity index is 1.77. The van der Waals surface area contributed by atoms with Gasteiger partial charge in [0.05, 0.1) is 12.1 Å². The molecule has 0 saturated carbocycles. The molecule has 3 aromatic rings. The number of carbonyl (C=O) groups is 1. The van der Waals surface area contributed by atoms with E-state index in [4.69, 9.17) is 4.42 Å². The zero-order valence-corrected chi connectivity index (χ0v) is 12.6. The van der Waals surface area contributed by atoms with Crippen LogP contribution in [0.5, 0.6) is 0 Å². The van der Waals surface area contributed by atoms with Gasteiger partial charge in [-0.15, -0.1) is 0 Å². The lowest BCUT2D eigenvalue weighted by Gasteiger charge is -2.05. The number of carboxylic acid groups (broad SMARTS) is 1. The molecule has 5 heteroatoms. The fraction of sp³-hybridized carbons (Fsp3) is 0.111. The molecular weight excluding hydrogens is 292 g/mol. The first kappa shape index (κ1) is 14.8. The zero-order chi connectivity index (χ0) is 16.2. The van der Waals surface area contributed by atoms with Gasteiger partial charge in [-0.2, -0.15) is 0 Å². The Bertz CT molecular complexity index is 840. The molecule has 0 fully saturated rings. The summed E-state index contributed by atoms with van der Waals surface area (Å²) in [4.78, 5) is 15.5. The van der Waals surface area contributed by atoms with E-state index in [9.17, 15) is 9.90 Å². The minimum absolute atomic E-state index is 0.224.